The normalized spacial score (nSPS) is 9.92. The molecule has 0 radical (unpaired) electrons. The summed E-state index contributed by atoms with van der Waals surface area (Å²) in [6, 6.07) is 2.27. The summed E-state index contributed by atoms with van der Waals surface area (Å²) in [4.78, 5) is 3.27. The Morgan fingerprint density at radius 3 is 2.67 bits per heavy atom. The molecule has 12 heavy (non-hydrogen) atoms. The molecule has 1 rings (SSSR count). The minimum absolute atomic E-state index is 0.216. The number of nitrogens with zero attached hydrogens (tertiary/aromatic N) is 2. The van der Waals surface area contributed by atoms with Gasteiger partial charge in [0, 0.05) is 0 Å². The van der Waals surface area contributed by atoms with E-state index in [-0.39, 0.29) is 5.69 Å². The predicted molar refractivity (Wildman–Crippen MR) is 33.9 cm³/mol. The fourth-order valence-electron chi connectivity index (χ4n) is 0.683. The van der Waals surface area contributed by atoms with Gasteiger partial charge in [-0.25, -0.2) is 18.2 Å². The van der Waals surface area contributed by atoms with Crippen molar-refractivity contribution in [3.63, 3.8) is 0 Å². The molecule has 0 aliphatic heterocycles. The predicted octanol–water partition coefficient (Wildman–Crippen LogP) is 2.03. The SMILES string of the molecule is N#Cc1cc(C(F)F)c(F)cn1. The molecule has 0 bridgehead atoms. The molecule has 1 aromatic rings. The first-order valence-corrected chi connectivity index (χ1v) is 2.99. The monoisotopic (exact) mass is 172 g/mol. The second-order valence-corrected chi connectivity index (χ2v) is 2.00. The number of nitriles is 1. The summed E-state index contributed by atoms with van der Waals surface area (Å²) in [6.45, 7) is 0. The van der Waals surface area contributed by atoms with E-state index in [1.807, 2.05) is 0 Å². The number of pyridine rings is 1. The van der Waals surface area contributed by atoms with Crippen molar-refractivity contribution in [2.24, 2.45) is 0 Å². The zero-order chi connectivity index (χ0) is 9.14. The van der Waals surface area contributed by atoms with Crippen molar-refractivity contribution in [2.75, 3.05) is 0 Å². The highest BCUT2D eigenvalue weighted by atomic mass is 19.3. The van der Waals surface area contributed by atoms with Gasteiger partial charge in [0.1, 0.15) is 17.6 Å². The molecule has 62 valence electrons. The van der Waals surface area contributed by atoms with Gasteiger partial charge in [0.15, 0.2) is 0 Å². The summed E-state index contributed by atoms with van der Waals surface area (Å²) in [5, 5.41) is 8.25. The van der Waals surface area contributed by atoms with Crippen molar-refractivity contribution in [3.05, 3.63) is 29.3 Å². The molecule has 1 heterocycles. The van der Waals surface area contributed by atoms with E-state index in [0.717, 1.165) is 6.07 Å². The van der Waals surface area contributed by atoms with Crippen LogP contribution in [0.4, 0.5) is 13.2 Å². The summed E-state index contributed by atoms with van der Waals surface area (Å²) in [5.41, 5.74) is -1.01. The van der Waals surface area contributed by atoms with E-state index >= 15 is 0 Å². The van der Waals surface area contributed by atoms with Crippen molar-refractivity contribution in [1.29, 1.82) is 5.26 Å². The van der Waals surface area contributed by atoms with Crippen molar-refractivity contribution in [3.8, 4) is 6.07 Å². The Bertz CT molecular complexity index is 330. The topological polar surface area (TPSA) is 36.7 Å². The third-order valence-electron chi connectivity index (χ3n) is 1.23. The van der Waals surface area contributed by atoms with Gasteiger partial charge in [-0.1, -0.05) is 0 Å². The fraction of sp³-hybridized carbons (Fsp3) is 0.143. The van der Waals surface area contributed by atoms with Crippen LogP contribution in [0.2, 0.25) is 0 Å². The van der Waals surface area contributed by atoms with Crippen LogP contribution in [0.5, 0.6) is 0 Å². The van der Waals surface area contributed by atoms with E-state index in [1.54, 1.807) is 0 Å². The van der Waals surface area contributed by atoms with Gasteiger partial charge in [-0.2, -0.15) is 5.26 Å². The highest BCUT2D eigenvalue weighted by Crippen LogP contribution is 2.21. The van der Waals surface area contributed by atoms with Crippen LogP contribution in [0.1, 0.15) is 17.7 Å². The molecule has 0 fully saturated rings. The lowest BCUT2D eigenvalue weighted by Gasteiger charge is -1.99. The molecule has 1 aromatic heterocycles. The molecule has 2 nitrogen and oxygen atoms in total. The van der Waals surface area contributed by atoms with Crippen molar-refractivity contribution in [1.82, 2.24) is 4.98 Å². The maximum Gasteiger partial charge on any atom is 0.266 e. The largest absolute Gasteiger partial charge is 0.266 e. The molecular formula is C7H3F3N2. The lowest BCUT2D eigenvalue weighted by Crippen LogP contribution is -1.94. The first-order chi connectivity index (χ1) is 5.65. The Kier molecular flexibility index (Phi) is 2.29. The second-order valence-electron chi connectivity index (χ2n) is 2.00. The first-order valence-electron chi connectivity index (χ1n) is 2.99. The zero-order valence-corrected chi connectivity index (χ0v) is 5.76. The van der Waals surface area contributed by atoms with E-state index < -0.39 is 17.8 Å². The highest BCUT2D eigenvalue weighted by molar-refractivity contribution is 5.27. The molecule has 0 saturated carbocycles. The van der Waals surface area contributed by atoms with Crippen LogP contribution in [0, 0.1) is 17.1 Å². The minimum atomic E-state index is -2.92. The number of hydrogen-bond acceptors (Lipinski definition) is 2. The maximum absolute atomic E-state index is 12.5. The first kappa shape index (κ1) is 8.53. The summed E-state index contributed by atoms with van der Waals surface area (Å²) in [6.07, 6.45) is -2.31. The van der Waals surface area contributed by atoms with Gasteiger partial charge < -0.3 is 0 Å². The van der Waals surface area contributed by atoms with E-state index in [9.17, 15) is 13.2 Å². The molecule has 0 N–H and O–H groups in total. The van der Waals surface area contributed by atoms with Crippen LogP contribution in [0.15, 0.2) is 12.3 Å². The summed E-state index contributed by atoms with van der Waals surface area (Å²) >= 11 is 0. The van der Waals surface area contributed by atoms with Crippen LogP contribution >= 0.6 is 0 Å². The number of alkyl halides is 2. The standard InChI is InChI=1S/C7H3F3N2/c8-6-3-12-4(2-11)1-5(6)7(9)10/h1,3,7H. The van der Waals surface area contributed by atoms with Gasteiger partial charge in [-0.3, -0.25) is 0 Å². The average Bonchev–Trinajstić information content (AvgIpc) is 2.05. The fourth-order valence-corrected chi connectivity index (χ4v) is 0.683. The van der Waals surface area contributed by atoms with Crippen LogP contribution in [0.3, 0.4) is 0 Å². The van der Waals surface area contributed by atoms with Gasteiger partial charge in [0.05, 0.1) is 11.8 Å². The van der Waals surface area contributed by atoms with Crippen LogP contribution in [-0.4, -0.2) is 4.98 Å². The van der Waals surface area contributed by atoms with Crippen molar-refractivity contribution < 1.29 is 13.2 Å². The summed E-state index contributed by atoms with van der Waals surface area (Å²) in [7, 11) is 0. The van der Waals surface area contributed by atoms with Gasteiger partial charge in [-0.15, -0.1) is 0 Å². The van der Waals surface area contributed by atoms with Crippen LogP contribution < -0.4 is 0 Å². The quantitative estimate of drug-likeness (QED) is 0.649. The van der Waals surface area contributed by atoms with Gasteiger partial charge in [-0.05, 0) is 6.07 Å². The molecular weight excluding hydrogens is 169 g/mol. The third kappa shape index (κ3) is 1.53. The lowest BCUT2D eigenvalue weighted by molar-refractivity contribution is 0.146. The molecule has 5 heteroatoms. The molecule has 0 aliphatic rings. The second kappa shape index (κ2) is 3.22. The maximum atomic E-state index is 12.5. The van der Waals surface area contributed by atoms with E-state index in [0.29, 0.717) is 6.20 Å². The highest BCUT2D eigenvalue weighted by Gasteiger charge is 2.14. The number of aromatic nitrogens is 1. The van der Waals surface area contributed by atoms with E-state index in [2.05, 4.69) is 4.98 Å². The Labute approximate surface area is 66.3 Å². The third-order valence-corrected chi connectivity index (χ3v) is 1.23. The molecule has 0 atom stereocenters. The van der Waals surface area contributed by atoms with Crippen molar-refractivity contribution in [2.45, 2.75) is 6.43 Å². The minimum Gasteiger partial charge on any atom is -0.242 e. The Hall–Kier alpha value is -1.57. The van der Waals surface area contributed by atoms with Gasteiger partial charge in [0.2, 0.25) is 0 Å². The van der Waals surface area contributed by atoms with Crippen molar-refractivity contribution >= 4 is 0 Å². The molecule has 0 aliphatic carbocycles. The summed E-state index contributed by atoms with van der Waals surface area (Å²) < 4.78 is 36.4. The Morgan fingerprint density at radius 2 is 2.17 bits per heavy atom. The van der Waals surface area contributed by atoms with Gasteiger partial charge >= 0.3 is 0 Å². The number of halogens is 3. The van der Waals surface area contributed by atoms with Crippen LogP contribution in [-0.2, 0) is 0 Å². The van der Waals surface area contributed by atoms with Crippen LogP contribution in [0.25, 0.3) is 0 Å². The molecule has 0 saturated heterocycles. The molecule has 0 aromatic carbocycles. The molecule has 0 spiro atoms. The smallest absolute Gasteiger partial charge is 0.242 e. The molecule has 0 amide bonds. The zero-order valence-electron chi connectivity index (χ0n) is 5.76. The Balaban J connectivity index is 3.19. The van der Waals surface area contributed by atoms with E-state index in [1.165, 1.54) is 6.07 Å². The molecule has 0 unspecified atom stereocenters. The summed E-state index contributed by atoms with van der Waals surface area (Å²) in [5.74, 6) is -1.09. The average molecular weight is 172 g/mol. The Morgan fingerprint density at radius 1 is 1.50 bits per heavy atom. The van der Waals surface area contributed by atoms with E-state index in [4.69, 9.17) is 5.26 Å². The van der Waals surface area contributed by atoms with Gasteiger partial charge in [0.25, 0.3) is 6.43 Å². The number of hydrogen-bond donors (Lipinski definition) is 0. The number of rotatable bonds is 1. The lowest BCUT2D eigenvalue weighted by atomic mass is 10.2.